The van der Waals surface area contributed by atoms with E-state index in [2.05, 4.69) is 6.07 Å². The highest BCUT2D eigenvalue weighted by Crippen LogP contribution is 2.38. The Bertz CT molecular complexity index is 365. The van der Waals surface area contributed by atoms with Gasteiger partial charge in [-0.25, -0.2) is 0 Å². The van der Waals surface area contributed by atoms with Gasteiger partial charge in [0, 0.05) is 5.92 Å². The number of rotatable bonds is 4. The first-order valence-corrected chi connectivity index (χ1v) is 7.36. The Hall–Kier alpha value is -1.04. The lowest BCUT2D eigenvalue weighted by molar-refractivity contribution is -0.174. The van der Waals surface area contributed by atoms with Gasteiger partial charge in [0.1, 0.15) is 5.60 Å². The summed E-state index contributed by atoms with van der Waals surface area (Å²) in [5.41, 5.74) is -0.903. The third kappa shape index (κ3) is 3.96. The van der Waals surface area contributed by atoms with E-state index in [-0.39, 0.29) is 11.9 Å². The molecule has 0 aromatic carbocycles. The highest BCUT2D eigenvalue weighted by Gasteiger charge is 2.39. The molecule has 0 saturated heterocycles. The minimum absolute atomic E-state index is 0.121. The van der Waals surface area contributed by atoms with E-state index in [1.807, 2.05) is 34.6 Å². The van der Waals surface area contributed by atoms with Crippen molar-refractivity contribution in [1.29, 1.82) is 5.26 Å². The molecule has 0 heterocycles. The Morgan fingerprint density at radius 2 is 1.95 bits per heavy atom. The molecule has 1 aliphatic rings. The van der Waals surface area contributed by atoms with Crippen molar-refractivity contribution in [3.05, 3.63) is 0 Å². The summed E-state index contributed by atoms with van der Waals surface area (Å²) < 4.78 is 5.78. The molecule has 1 aliphatic carbocycles. The number of hydrogen-bond acceptors (Lipinski definition) is 3. The van der Waals surface area contributed by atoms with Crippen molar-refractivity contribution in [2.45, 2.75) is 72.3 Å². The maximum Gasteiger partial charge on any atom is 0.312 e. The van der Waals surface area contributed by atoms with Gasteiger partial charge in [-0.05, 0) is 59.3 Å². The van der Waals surface area contributed by atoms with Crippen LogP contribution >= 0.6 is 0 Å². The second kappa shape index (κ2) is 5.94. The number of ether oxygens (including phenoxy) is 1. The monoisotopic (exact) mass is 265 g/mol. The highest BCUT2D eigenvalue weighted by molar-refractivity contribution is 5.76. The second-order valence-electron chi connectivity index (χ2n) is 6.92. The van der Waals surface area contributed by atoms with Gasteiger partial charge in [0.05, 0.1) is 11.5 Å². The molecule has 0 radical (unpaired) electrons. The first kappa shape index (κ1) is 16.0. The van der Waals surface area contributed by atoms with Crippen LogP contribution in [0.4, 0.5) is 0 Å². The largest absolute Gasteiger partial charge is 0.459 e. The Kier molecular flexibility index (Phi) is 5.01. The predicted octanol–water partition coefficient (Wildman–Crippen LogP) is 4.07. The molecular formula is C16H27NO2. The molecule has 1 saturated carbocycles. The molecule has 2 atom stereocenters. The first-order chi connectivity index (χ1) is 8.73. The van der Waals surface area contributed by atoms with Crippen molar-refractivity contribution in [3.63, 3.8) is 0 Å². The Morgan fingerprint density at radius 3 is 2.47 bits per heavy atom. The Balaban J connectivity index is 2.70. The smallest absolute Gasteiger partial charge is 0.312 e. The van der Waals surface area contributed by atoms with Gasteiger partial charge < -0.3 is 4.74 Å². The summed E-state index contributed by atoms with van der Waals surface area (Å²) in [5, 5.41) is 9.07. The minimum Gasteiger partial charge on any atom is -0.459 e. The summed E-state index contributed by atoms with van der Waals surface area (Å²) in [6, 6.07) is 2.36. The number of carbonyl (C=O) groups is 1. The number of carbonyl (C=O) groups excluding carboxylic acids is 1. The van der Waals surface area contributed by atoms with Crippen LogP contribution in [0.5, 0.6) is 0 Å². The van der Waals surface area contributed by atoms with Crippen molar-refractivity contribution >= 4 is 5.97 Å². The quantitative estimate of drug-likeness (QED) is 0.720. The van der Waals surface area contributed by atoms with Crippen molar-refractivity contribution in [1.82, 2.24) is 0 Å². The SMILES string of the molecule is CCC(C)(C)C(=O)OC(C)(C)C1CCCC(C#N)C1. The zero-order valence-corrected chi connectivity index (χ0v) is 13.0. The molecule has 3 heteroatoms. The molecule has 0 N–H and O–H groups in total. The molecule has 0 aromatic heterocycles. The lowest BCUT2D eigenvalue weighted by Gasteiger charge is -2.39. The van der Waals surface area contributed by atoms with Crippen LogP contribution < -0.4 is 0 Å². The van der Waals surface area contributed by atoms with E-state index in [0.29, 0.717) is 5.92 Å². The van der Waals surface area contributed by atoms with Crippen LogP contribution in [0.3, 0.4) is 0 Å². The van der Waals surface area contributed by atoms with Crippen LogP contribution in [0.2, 0.25) is 0 Å². The second-order valence-corrected chi connectivity index (χ2v) is 6.92. The lowest BCUT2D eigenvalue weighted by Crippen LogP contribution is -2.42. The fourth-order valence-corrected chi connectivity index (χ4v) is 2.54. The first-order valence-electron chi connectivity index (χ1n) is 7.36. The number of hydrogen-bond donors (Lipinski definition) is 0. The van der Waals surface area contributed by atoms with Gasteiger partial charge in [-0.2, -0.15) is 5.26 Å². The van der Waals surface area contributed by atoms with Gasteiger partial charge in [-0.3, -0.25) is 4.79 Å². The zero-order valence-electron chi connectivity index (χ0n) is 13.0. The molecule has 1 rings (SSSR count). The molecule has 0 bridgehead atoms. The molecule has 3 nitrogen and oxygen atoms in total. The van der Waals surface area contributed by atoms with Gasteiger partial charge in [0.2, 0.25) is 0 Å². The summed E-state index contributed by atoms with van der Waals surface area (Å²) >= 11 is 0. The molecular weight excluding hydrogens is 238 g/mol. The van der Waals surface area contributed by atoms with E-state index >= 15 is 0 Å². The van der Waals surface area contributed by atoms with Crippen molar-refractivity contribution < 1.29 is 9.53 Å². The van der Waals surface area contributed by atoms with Crippen LogP contribution in [-0.2, 0) is 9.53 Å². The number of nitriles is 1. The van der Waals surface area contributed by atoms with E-state index in [0.717, 1.165) is 32.1 Å². The summed E-state index contributed by atoms with van der Waals surface area (Å²) in [4.78, 5) is 12.2. The predicted molar refractivity (Wildman–Crippen MR) is 75.3 cm³/mol. The lowest BCUT2D eigenvalue weighted by atomic mass is 9.74. The minimum atomic E-state index is -0.473. The normalized spacial score (nSPS) is 24.6. The molecule has 0 aromatic rings. The van der Waals surface area contributed by atoms with E-state index in [9.17, 15) is 4.79 Å². The van der Waals surface area contributed by atoms with Crippen LogP contribution in [-0.4, -0.2) is 11.6 Å². The van der Waals surface area contributed by atoms with E-state index < -0.39 is 11.0 Å². The van der Waals surface area contributed by atoms with E-state index in [1.165, 1.54) is 0 Å². The van der Waals surface area contributed by atoms with Crippen molar-refractivity contribution in [3.8, 4) is 6.07 Å². The summed E-state index contributed by atoms with van der Waals surface area (Å²) in [5.74, 6) is 0.289. The highest BCUT2D eigenvalue weighted by atomic mass is 16.6. The van der Waals surface area contributed by atoms with Gasteiger partial charge in [0.15, 0.2) is 0 Å². The summed E-state index contributed by atoms with van der Waals surface area (Å²) in [7, 11) is 0. The maximum absolute atomic E-state index is 12.2. The fourth-order valence-electron chi connectivity index (χ4n) is 2.54. The molecule has 19 heavy (non-hydrogen) atoms. The van der Waals surface area contributed by atoms with Crippen molar-refractivity contribution in [2.75, 3.05) is 0 Å². The third-order valence-electron chi connectivity index (χ3n) is 4.63. The molecule has 0 amide bonds. The van der Waals surface area contributed by atoms with Gasteiger partial charge >= 0.3 is 5.97 Å². The average Bonchev–Trinajstić information content (AvgIpc) is 2.38. The maximum atomic E-state index is 12.2. The summed E-state index contributed by atoms with van der Waals surface area (Å²) in [6.45, 7) is 9.82. The zero-order chi connectivity index (χ0) is 14.7. The van der Waals surface area contributed by atoms with Crippen LogP contribution in [0.25, 0.3) is 0 Å². The van der Waals surface area contributed by atoms with Crippen LogP contribution in [0.1, 0.15) is 66.7 Å². The number of nitrogens with zero attached hydrogens (tertiary/aromatic N) is 1. The van der Waals surface area contributed by atoms with E-state index in [4.69, 9.17) is 10.00 Å². The fraction of sp³-hybridized carbons (Fsp3) is 0.875. The van der Waals surface area contributed by atoms with Gasteiger partial charge in [-0.1, -0.05) is 13.3 Å². The number of esters is 1. The topological polar surface area (TPSA) is 50.1 Å². The van der Waals surface area contributed by atoms with Gasteiger partial charge in [-0.15, -0.1) is 0 Å². The van der Waals surface area contributed by atoms with Gasteiger partial charge in [0.25, 0.3) is 0 Å². The molecule has 0 spiro atoms. The van der Waals surface area contributed by atoms with E-state index in [1.54, 1.807) is 0 Å². The standard InChI is InChI=1S/C16H27NO2/c1-6-15(2,3)14(18)19-16(4,5)13-9-7-8-12(10-13)11-17/h12-13H,6-10H2,1-5H3. The Labute approximate surface area is 117 Å². The molecule has 0 aliphatic heterocycles. The summed E-state index contributed by atoms with van der Waals surface area (Å²) in [6.07, 6.45) is 4.71. The molecule has 108 valence electrons. The third-order valence-corrected chi connectivity index (χ3v) is 4.63. The molecule has 1 fully saturated rings. The average molecular weight is 265 g/mol. The Morgan fingerprint density at radius 1 is 1.32 bits per heavy atom. The molecule has 2 unspecified atom stereocenters. The van der Waals surface area contributed by atoms with Crippen LogP contribution in [0, 0.1) is 28.6 Å². The van der Waals surface area contributed by atoms with Crippen LogP contribution in [0.15, 0.2) is 0 Å². The van der Waals surface area contributed by atoms with Crippen molar-refractivity contribution in [2.24, 2.45) is 17.3 Å².